The van der Waals surface area contributed by atoms with E-state index in [0.717, 1.165) is 21.9 Å². The maximum atomic E-state index is 11.8. The number of amides is 1. The number of carbonyl (C=O) groups is 1. The molecule has 136 valence electrons. The molecular weight excluding hydrogens is 346 g/mol. The lowest BCUT2D eigenvalue weighted by Gasteiger charge is -2.06. The maximum absolute atomic E-state index is 11.8. The van der Waals surface area contributed by atoms with Gasteiger partial charge in [-0.25, -0.2) is 5.43 Å². The highest BCUT2D eigenvalue weighted by atomic mass is 16.6. The van der Waals surface area contributed by atoms with E-state index in [1.165, 1.54) is 18.3 Å². The molecule has 0 bridgehead atoms. The zero-order valence-corrected chi connectivity index (χ0v) is 14.6. The van der Waals surface area contributed by atoms with Crippen molar-refractivity contribution >= 4 is 28.6 Å². The molecule has 7 heteroatoms. The Morgan fingerprint density at radius 3 is 2.70 bits per heavy atom. The van der Waals surface area contributed by atoms with Gasteiger partial charge in [0.05, 0.1) is 11.1 Å². The maximum Gasteiger partial charge on any atom is 0.311 e. The van der Waals surface area contributed by atoms with Crippen LogP contribution < -0.4 is 10.2 Å². The monoisotopic (exact) mass is 363 g/mol. The molecule has 0 atom stereocenters. The average Bonchev–Trinajstić information content (AvgIpc) is 2.66. The van der Waals surface area contributed by atoms with Gasteiger partial charge in [-0.05, 0) is 41.0 Å². The van der Waals surface area contributed by atoms with E-state index in [0.29, 0.717) is 0 Å². The van der Waals surface area contributed by atoms with Crippen molar-refractivity contribution in [2.45, 2.75) is 6.92 Å². The molecular formula is C20H17N3O4. The number of nitro groups is 1. The van der Waals surface area contributed by atoms with Gasteiger partial charge in [0.2, 0.25) is 0 Å². The predicted octanol–water partition coefficient (Wildman–Crippen LogP) is 3.59. The number of fused-ring (bicyclic) bond motifs is 1. The molecule has 0 heterocycles. The van der Waals surface area contributed by atoms with Gasteiger partial charge >= 0.3 is 5.69 Å². The lowest BCUT2D eigenvalue weighted by atomic mass is 10.1. The van der Waals surface area contributed by atoms with Crippen molar-refractivity contribution in [3.8, 4) is 5.75 Å². The molecule has 3 aromatic carbocycles. The van der Waals surface area contributed by atoms with E-state index in [9.17, 15) is 14.9 Å². The summed E-state index contributed by atoms with van der Waals surface area (Å²) in [5.74, 6) is -0.471. The predicted molar refractivity (Wildman–Crippen MR) is 103 cm³/mol. The smallest absolute Gasteiger partial charge is 0.311 e. The summed E-state index contributed by atoms with van der Waals surface area (Å²) >= 11 is 0. The molecule has 0 aliphatic heterocycles. The highest BCUT2D eigenvalue weighted by Gasteiger charge is 2.16. The number of hydrogen-bond donors (Lipinski definition) is 1. The number of carbonyl (C=O) groups excluding carboxylic acids is 1. The van der Waals surface area contributed by atoms with Crippen LogP contribution in [0.4, 0.5) is 5.69 Å². The largest absolute Gasteiger partial charge is 0.477 e. The van der Waals surface area contributed by atoms with Gasteiger partial charge in [-0.15, -0.1) is 0 Å². The topological polar surface area (TPSA) is 93.8 Å². The van der Waals surface area contributed by atoms with Gasteiger partial charge in [-0.2, -0.15) is 5.10 Å². The SMILES string of the molecule is Cc1ccc(OCC(=O)N/N=C/c2ccc3ccccc3c2)c([N+](=O)[O-])c1. The summed E-state index contributed by atoms with van der Waals surface area (Å²) in [7, 11) is 0. The molecule has 1 N–H and O–H groups in total. The average molecular weight is 363 g/mol. The van der Waals surface area contributed by atoms with Gasteiger partial charge in [-0.3, -0.25) is 14.9 Å². The second kappa shape index (κ2) is 8.09. The zero-order valence-electron chi connectivity index (χ0n) is 14.6. The number of hydrazone groups is 1. The van der Waals surface area contributed by atoms with E-state index in [1.54, 1.807) is 13.0 Å². The van der Waals surface area contributed by atoms with Crippen LogP contribution in [0.3, 0.4) is 0 Å². The summed E-state index contributed by atoms with van der Waals surface area (Å²) in [6, 6.07) is 18.3. The van der Waals surface area contributed by atoms with Gasteiger partial charge in [-0.1, -0.05) is 42.5 Å². The third kappa shape index (κ3) is 4.66. The van der Waals surface area contributed by atoms with E-state index >= 15 is 0 Å². The molecule has 0 saturated carbocycles. The summed E-state index contributed by atoms with van der Waals surface area (Å²) in [6.07, 6.45) is 1.53. The van der Waals surface area contributed by atoms with E-state index < -0.39 is 10.8 Å². The molecule has 0 fully saturated rings. The van der Waals surface area contributed by atoms with Crippen molar-refractivity contribution in [3.63, 3.8) is 0 Å². The summed E-state index contributed by atoms with van der Waals surface area (Å²) < 4.78 is 5.25. The summed E-state index contributed by atoms with van der Waals surface area (Å²) in [4.78, 5) is 22.3. The van der Waals surface area contributed by atoms with Crippen molar-refractivity contribution in [3.05, 3.63) is 81.9 Å². The Morgan fingerprint density at radius 2 is 1.93 bits per heavy atom. The van der Waals surface area contributed by atoms with Crippen LogP contribution in [0.2, 0.25) is 0 Å². The quantitative estimate of drug-likeness (QED) is 0.411. The van der Waals surface area contributed by atoms with Gasteiger partial charge < -0.3 is 4.74 Å². The van der Waals surface area contributed by atoms with Crippen LogP contribution in [-0.4, -0.2) is 23.7 Å². The fourth-order valence-electron chi connectivity index (χ4n) is 2.53. The lowest BCUT2D eigenvalue weighted by molar-refractivity contribution is -0.385. The number of nitrogens with zero attached hydrogens (tertiary/aromatic N) is 2. The van der Waals surface area contributed by atoms with Crippen LogP contribution in [0.1, 0.15) is 11.1 Å². The van der Waals surface area contributed by atoms with Crippen LogP contribution in [-0.2, 0) is 4.79 Å². The molecule has 0 saturated heterocycles. The molecule has 0 aromatic heterocycles. The Labute approximate surface area is 155 Å². The van der Waals surface area contributed by atoms with Crippen LogP contribution in [0.15, 0.2) is 65.8 Å². The molecule has 27 heavy (non-hydrogen) atoms. The van der Waals surface area contributed by atoms with E-state index in [1.807, 2.05) is 42.5 Å². The number of hydrogen-bond acceptors (Lipinski definition) is 5. The third-order valence-corrected chi connectivity index (χ3v) is 3.85. The second-order valence-corrected chi connectivity index (χ2v) is 5.92. The summed E-state index contributed by atoms with van der Waals surface area (Å²) in [5, 5.41) is 17.1. The van der Waals surface area contributed by atoms with E-state index in [4.69, 9.17) is 4.74 Å². The van der Waals surface area contributed by atoms with Gasteiger partial charge in [0.15, 0.2) is 12.4 Å². The Kier molecular flexibility index (Phi) is 5.41. The van der Waals surface area contributed by atoms with Crippen LogP contribution >= 0.6 is 0 Å². The van der Waals surface area contributed by atoms with Crippen molar-refractivity contribution in [2.75, 3.05) is 6.61 Å². The lowest BCUT2D eigenvalue weighted by Crippen LogP contribution is -2.24. The first-order chi connectivity index (χ1) is 13.0. The van der Waals surface area contributed by atoms with Crippen molar-refractivity contribution in [1.82, 2.24) is 5.43 Å². The van der Waals surface area contributed by atoms with Gasteiger partial charge in [0.1, 0.15) is 0 Å². The molecule has 0 aliphatic rings. The summed E-state index contributed by atoms with van der Waals surface area (Å²) in [5.41, 5.74) is 3.74. The van der Waals surface area contributed by atoms with Crippen LogP contribution in [0, 0.1) is 17.0 Å². The first-order valence-corrected chi connectivity index (χ1v) is 8.21. The van der Waals surface area contributed by atoms with Crippen molar-refractivity contribution < 1.29 is 14.5 Å². The number of benzene rings is 3. The Morgan fingerprint density at radius 1 is 1.15 bits per heavy atom. The minimum absolute atomic E-state index is 0.0410. The highest BCUT2D eigenvalue weighted by Crippen LogP contribution is 2.27. The third-order valence-electron chi connectivity index (χ3n) is 3.85. The minimum atomic E-state index is -0.544. The zero-order chi connectivity index (χ0) is 19.2. The Hall–Kier alpha value is -3.74. The van der Waals surface area contributed by atoms with Crippen molar-refractivity contribution in [1.29, 1.82) is 0 Å². The molecule has 3 rings (SSSR count). The number of nitro benzene ring substituents is 1. The van der Waals surface area contributed by atoms with Gasteiger partial charge in [0.25, 0.3) is 5.91 Å². The standard InChI is InChI=1S/C20H17N3O4/c1-14-6-9-19(18(10-14)23(25)26)27-13-20(24)22-21-12-15-7-8-16-4-2-3-5-17(16)11-15/h2-12H,13H2,1H3,(H,22,24)/b21-12+. The van der Waals surface area contributed by atoms with E-state index in [2.05, 4.69) is 10.5 Å². The van der Waals surface area contributed by atoms with Gasteiger partial charge in [0, 0.05) is 6.07 Å². The van der Waals surface area contributed by atoms with Crippen molar-refractivity contribution in [2.24, 2.45) is 5.10 Å². The molecule has 0 spiro atoms. The Balaban J connectivity index is 1.58. The fraction of sp³-hybridized carbons (Fsp3) is 0.100. The normalized spacial score (nSPS) is 10.9. The minimum Gasteiger partial charge on any atom is -0.477 e. The number of rotatable bonds is 6. The molecule has 0 aliphatic carbocycles. The Bertz CT molecular complexity index is 1030. The summed E-state index contributed by atoms with van der Waals surface area (Å²) in [6.45, 7) is 1.37. The molecule has 0 radical (unpaired) electrons. The van der Waals surface area contributed by atoms with Crippen LogP contribution in [0.25, 0.3) is 10.8 Å². The first-order valence-electron chi connectivity index (χ1n) is 8.21. The highest BCUT2D eigenvalue weighted by molar-refractivity contribution is 5.90. The molecule has 0 unspecified atom stereocenters. The number of ether oxygens (including phenoxy) is 1. The molecule has 7 nitrogen and oxygen atoms in total. The van der Waals surface area contributed by atoms with Crippen LogP contribution in [0.5, 0.6) is 5.75 Å². The molecule has 1 amide bonds. The first kappa shape index (κ1) is 18.1. The number of nitrogens with one attached hydrogen (secondary N) is 1. The molecule has 3 aromatic rings. The van der Waals surface area contributed by atoms with E-state index in [-0.39, 0.29) is 18.0 Å². The number of aryl methyl sites for hydroxylation is 1. The fourth-order valence-corrected chi connectivity index (χ4v) is 2.53. The second-order valence-electron chi connectivity index (χ2n) is 5.92.